The third kappa shape index (κ3) is 5.75. The highest BCUT2D eigenvalue weighted by molar-refractivity contribution is 7.89. The number of carbonyl (C=O) groups excluding carboxylic acids is 1. The van der Waals surface area contributed by atoms with Gasteiger partial charge in [-0.3, -0.25) is 4.79 Å². The van der Waals surface area contributed by atoms with E-state index in [1.54, 1.807) is 18.2 Å². The predicted octanol–water partition coefficient (Wildman–Crippen LogP) is 2.01. The third-order valence-electron chi connectivity index (χ3n) is 4.63. The number of rotatable bonds is 7. The first-order valence-corrected chi connectivity index (χ1v) is 10.9. The highest BCUT2D eigenvalue weighted by atomic mass is 32.2. The molecular formula is C19H31N3O4S. The van der Waals surface area contributed by atoms with Crippen molar-refractivity contribution in [3.05, 3.63) is 24.3 Å². The average Bonchev–Trinajstić information content (AvgIpc) is 2.84. The Morgan fingerprint density at radius 1 is 1.22 bits per heavy atom. The van der Waals surface area contributed by atoms with Crippen LogP contribution in [0, 0.1) is 5.92 Å². The van der Waals surface area contributed by atoms with Gasteiger partial charge >= 0.3 is 0 Å². The van der Waals surface area contributed by atoms with Gasteiger partial charge in [-0.25, -0.2) is 8.42 Å². The van der Waals surface area contributed by atoms with E-state index in [1.165, 1.54) is 10.4 Å². The second kappa shape index (κ2) is 9.64. The molecule has 1 aliphatic heterocycles. The van der Waals surface area contributed by atoms with Gasteiger partial charge in [-0.2, -0.15) is 4.31 Å². The van der Waals surface area contributed by atoms with E-state index >= 15 is 0 Å². The van der Waals surface area contributed by atoms with Gasteiger partial charge in [0.25, 0.3) is 5.91 Å². The first-order chi connectivity index (χ1) is 12.8. The van der Waals surface area contributed by atoms with Crippen molar-refractivity contribution in [1.29, 1.82) is 0 Å². The van der Waals surface area contributed by atoms with E-state index in [9.17, 15) is 13.2 Å². The van der Waals surface area contributed by atoms with Gasteiger partial charge in [0.1, 0.15) is 6.10 Å². The molecule has 0 radical (unpaired) electrons. The lowest BCUT2D eigenvalue weighted by atomic mass is 10.1. The number of ether oxygens (including phenoxy) is 1. The standard InChI is InChI=1S/C19H31N3O4S/c1-5-26-18(15(2)3)19(23)20-16-8-6-9-17(14-16)27(24,25)22-11-7-10-21(4)12-13-22/h6,8-9,14-15,18H,5,7,10-13H2,1-4H3,(H,20,23). The summed E-state index contributed by atoms with van der Waals surface area (Å²) < 4.78 is 33.0. The summed E-state index contributed by atoms with van der Waals surface area (Å²) in [6.07, 6.45) is 0.229. The first-order valence-electron chi connectivity index (χ1n) is 9.47. The summed E-state index contributed by atoms with van der Waals surface area (Å²) in [4.78, 5) is 14.8. The number of nitrogens with one attached hydrogen (secondary N) is 1. The molecule has 27 heavy (non-hydrogen) atoms. The van der Waals surface area contributed by atoms with Gasteiger partial charge in [0.05, 0.1) is 4.90 Å². The fourth-order valence-corrected chi connectivity index (χ4v) is 4.63. The average molecular weight is 398 g/mol. The molecule has 2 rings (SSSR count). The number of amides is 1. The van der Waals surface area contributed by atoms with Gasteiger partial charge < -0.3 is 15.0 Å². The van der Waals surface area contributed by atoms with Gasteiger partial charge in [0.15, 0.2) is 0 Å². The van der Waals surface area contributed by atoms with Crippen LogP contribution < -0.4 is 5.32 Å². The summed E-state index contributed by atoms with van der Waals surface area (Å²) >= 11 is 0. The molecule has 1 aromatic rings. The molecule has 0 bridgehead atoms. The third-order valence-corrected chi connectivity index (χ3v) is 6.52. The predicted molar refractivity (Wildman–Crippen MR) is 106 cm³/mol. The zero-order chi connectivity index (χ0) is 20.0. The molecule has 152 valence electrons. The molecule has 1 fully saturated rings. The minimum absolute atomic E-state index is 0.0194. The molecule has 1 unspecified atom stereocenters. The zero-order valence-corrected chi connectivity index (χ0v) is 17.5. The fourth-order valence-electron chi connectivity index (χ4n) is 3.11. The smallest absolute Gasteiger partial charge is 0.253 e. The van der Waals surface area contributed by atoms with Crippen molar-refractivity contribution >= 4 is 21.6 Å². The van der Waals surface area contributed by atoms with Crippen molar-refractivity contribution < 1.29 is 17.9 Å². The maximum absolute atomic E-state index is 13.0. The minimum Gasteiger partial charge on any atom is -0.368 e. The normalized spacial score (nSPS) is 18.3. The summed E-state index contributed by atoms with van der Waals surface area (Å²) in [5.74, 6) is -0.247. The quantitative estimate of drug-likeness (QED) is 0.761. The molecule has 1 aliphatic rings. The molecule has 1 atom stereocenters. The van der Waals surface area contributed by atoms with Crippen molar-refractivity contribution in [1.82, 2.24) is 9.21 Å². The van der Waals surface area contributed by atoms with Crippen molar-refractivity contribution in [3.63, 3.8) is 0 Å². The van der Waals surface area contributed by atoms with Crippen molar-refractivity contribution in [3.8, 4) is 0 Å². The molecule has 7 nitrogen and oxygen atoms in total. The largest absolute Gasteiger partial charge is 0.368 e. The summed E-state index contributed by atoms with van der Waals surface area (Å²) in [6.45, 7) is 8.67. The number of hydrogen-bond donors (Lipinski definition) is 1. The maximum atomic E-state index is 13.0. The number of hydrogen-bond acceptors (Lipinski definition) is 5. The van der Waals surface area contributed by atoms with Gasteiger partial charge in [-0.15, -0.1) is 0 Å². The Labute approximate surface area is 162 Å². The van der Waals surface area contributed by atoms with Crippen LogP contribution in [0.1, 0.15) is 27.2 Å². The Morgan fingerprint density at radius 3 is 2.63 bits per heavy atom. The molecule has 1 heterocycles. The van der Waals surface area contributed by atoms with E-state index in [4.69, 9.17) is 4.74 Å². The van der Waals surface area contributed by atoms with Crippen LogP contribution >= 0.6 is 0 Å². The number of anilines is 1. The Hall–Kier alpha value is -1.48. The SMILES string of the molecule is CCOC(C(=O)Nc1cccc(S(=O)(=O)N2CCCN(C)CC2)c1)C(C)C. The van der Waals surface area contributed by atoms with E-state index in [-0.39, 0.29) is 16.7 Å². The van der Waals surface area contributed by atoms with Crippen LogP contribution in [0.15, 0.2) is 29.2 Å². The number of likely N-dealkylation sites (N-methyl/N-ethyl adjacent to an activating group) is 1. The van der Waals surface area contributed by atoms with Crippen LogP contribution in [0.25, 0.3) is 0 Å². The van der Waals surface area contributed by atoms with Gasteiger partial charge in [0.2, 0.25) is 10.0 Å². The molecular weight excluding hydrogens is 366 g/mol. The monoisotopic (exact) mass is 397 g/mol. The molecule has 1 amide bonds. The Balaban J connectivity index is 2.17. The van der Waals surface area contributed by atoms with Crippen molar-refractivity contribution in [2.45, 2.75) is 38.2 Å². The maximum Gasteiger partial charge on any atom is 0.253 e. The van der Waals surface area contributed by atoms with E-state index < -0.39 is 16.1 Å². The Kier molecular flexibility index (Phi) is 7.79. The summed E-state index contributed by atoms with van der Waals surface area (Å²) in [6, 6.07) is 6.43. The molecule has 0 saturated carbocycles. The van der Waals surface area contributed by atoms with Crippen molar-refractivity contribution in [2.75, 3.05) is 45.2 Å². The van der Waals surface area contributed by atoms with E-state index in [2.05, 4.69) is 10.2 Å². The van der Waals surface area contributed by atoms with Crippen LogP contribution in [0.5, 0.6) is 0 Å². The lowest BCUT2D eigenvalue weighted by molar-refractivity contribution is -0.129. The molecule has 1 saturated heterocycles. The van der Waals surface area contributed by atoms with Crippen LogP contribution in [0.2, 0.25) is 0 Å². The highest BCUT2D eigenvalue weighted by Gasteiger charge is 2.27. The summed E-state index contributed by atoms with van der Waals surface area (Å²) in [5, 5.41) is 2.79. The number of sulfonamides is 1. The van der Waals surface area contributed by atoms with E-state index in [1.807, 2.05) is 27.8 Å². The second-order valence-corrected chi connectivity index (χ2v) is 9.14. The van der Waals surface area contributed by atoms with Crippen LogP contribution in [-0.4, -0.2) is 69.5 Å². The topological polar surface area (TPSA) is 78.9 Å². The van der Waals surface area contributed by atoms with Gasteiger partial charge in [-0.05, 0) is 51.1 Å². The fraction of sp³-hybridized carbons (Fsp3) is 0.632. The Bertz CT molecular complexity index is 736. The van der Waals surface area contributed by atoms with Crippen LogP contribution in [-0.2, 0) is 19.6 Å². The summed E-state index contributed by atoms with van der Waals surface area (Å²) in [5.41, 5.74) is 0.457. The van der Waals surface area contributed by atoms with E-state index in [0.29, 0.717) is 31.9 Å². The number of nitrogens with zero attached hydrogens (tertiary/aromatic N) is 2. The molecule has 8 heteroatoms. The van der Waals surface area contributed by atoms with E-state index in [0.717, 1.165) is 13.0 Å². The van der Waals surface area contributed by atoms with Crippen LogP contribution in [0.4, 0.5) is 5.69 Å². The summed E-state index contributed by atoms with van der Waals surface area (Å²) in [7, 11) is -1.59. The molecule has 0 aliphatic carbocycles. The Morgan fingerprint density at radius 2 is 1.96 bits per heavy atom. The highest BCUT2D eigenvalue weighted by Crippen LogP contribution is 2.21. The number of benzene rings is 1. The van der Waals surface area contributed by atoms with Crippen molar-refractivity contribution in [2.24, 2.45) is 5.92 Å². The second-order valence-electron chi connectivity index (χ2n) is 7.20. The zero-order valence-electron chi connectivity index (χ0n) is 16.6. The molecule has 1 N–H and O–H groups in total. The molecule has 0 aromatic heterocycles. The van der Waals surface area contributed by atoms with Gasteiger partial charge in [0, 0.05) is 31.9 Å². The lowest BCUT2D eigenvalue weighted by Crippen LogP contribution is -2.35. The lowest BCUT2D eigenvalue weighted by Gasteiger charge is -2.22. The first kappa shape index (κ1) is 21.8. The molecule has 0 spiro atoms. The molecule has 1 aromatic carbocycles. The minimum atomic E-state index is -3.59. The van der Waals surface area contributed by atoms with Gasteiger partial charge in [-0.1, -0.05) is 19.9 Å². The van der Waals surface area contributed by atoms with Crippen LogP contribution in [0.3, 0.4) is 0 Å². The number of carbonyl (C=O) groups is 1.